The summed E-state index contributed by atoms with van der Waals surface area (Å²) in [4.78, 5) is 13.5. The van der Waals surface area contributed by atoms with Crippen LogP contribution < -0.4 is 15.4 Å². The van der Waals surface area contributed by atoms with Gasteiger partial charge in [0.05, 0.1) is 7.11 Å². The van der Waals surface area contributed by atoms with Crippen LogP contribution in [0.25, 0.3) is 0 Å². The number of ether oxygens (including phenoxy) is 1. The lowest BCUT2D eigenvalue weighted by atomic mass is 9.89. The first-order valence-corrected chi connectivity index (χ1v) is 6.11. The molecule has 0 aromatic heterocycles. The molecule has 0 spiro atoms. The number of methoxy groups -OCH3 is 1. The Morgan fingerprint density at radius 3 is 2.58 bits per heavy atom. The Labute approximate surface area is 113 Å². The van der Waals surface area contributed by atoms with Crippen molar-refractivity contribution in [2.45, 2.75) is 20.3 Å². The van der Waals surface area contributed by atoms with Gasteiger partial charge in [-0.3, -0.25) is 4.79 Å². The minimum atomic E-state index is -0.488. The number of rotatable bonds is 5. The highest BCUT2D eigenvalue weighted by molar-refractivity contribution is 5.93. The van der Waals surface area contributed by atoms with Crippen LogP contribution in [0.5, 0.6) is 5.75 Å². The molecule has 0 saturated heterocycles. The van der Waals surface area contributed by atoms with Crippen molar-refractivity contribution in [3.8, 4) is 5.75 Å². The van der Waals surface area contributed by atoms with Gasteiger partial charge < -0.3 is 15.4 Å². The number of carbonyl (C=O) groups excluding carboxylic acids is 1. The molecule has 0 fully saturated rings. The van der Waals surface area contributed by atoms with Gasteiger partial charge in [-0.15, -0.1) is 0 Å². The second kappa shape index (κ2) is 6.02. The molecule has 0 aliphatic heterocycles. The summed E-state index contributed by atoms with van der Waals surface area (Å²) in [6.07, 6.45) is 0.313. The average Bonchev–Trinajstić information content (AvgIpc) is 2.37. The van der Waals surface area contributed by atoms with Crippen LogP contribution in [0.3, 0.4) is 0 Å². The minimum Gasteiger partial charge on any atom is -0.494 e. The van der Waals surface area contributed by atoms with Crippen LogP contribution in [-0.2, 0) is 4.79 Å². The van der Waals surface area contributed by atoms with Crippen molar-refractivity contribution in [2.24, 2.45) is 11.1 Å². The molecule has 0 radical (unpaired) electrons. The molecule has 0 unspecified atom stereocenters. The van der Waals surface area contributed by atoms with Crippen molar-refractivity contribution in [3.05, 3.63) is 24.0 Å². The van der Waals surface area contributed by atoms with Gasteiger partial charge >= 0.3 is 0 Å². The first-order valence-electron chi connectivity index (χ1n) is 6.11. The third kappa shape index (κ3) is 3.92. The van der Waals surface area contributed by atoms with Gasteiger partial charge in [-0.25, -0.2) is 4.39 Å². The van der Waals surface area contributed by atoms with E-state index in [2.05, 4.69) is 0 Å². The molecule has 0 aliphatic carbocycles. The lowest BCUT2D eigenvalue weighted by Gasteiger charge is -2.25. The Morgan fingerprint density at radius 2 is 2.11 bits per heavy atom. The quantitative estimate of drug-likeness (QED) is 0.890. The molecule has 0 heterocycles. The van der Waals surface area contributed by atoms with E-state index in [0.29, 0.717) is 18.7 Å². The Bertz CT molecular complexity index is 461. The molecule has 4 nitrogen and oxygen atoms in total. The Hall–Kier alpha value is -1.62. The fraction of sp³-hybridized carbons (Fsp3) is 0.500. The number of halogens is 1. The maximum Gasteiger partial charge on any atom is 0.227 e. The first kappa shape index (κ1) is 15.4. The predicted octanol–water partition coefficient (Wildman–Crippen LogP) is 2.17. The predicted molar refractivity (Wildman–Crippen MR) is 73.8 cm³/mol. The number of hydrogen-bond donors (Lipinski definition) is 1. The smallest absolute Gasteiger partial charge is 0.227 e. The van der Waals surface area contributed by atoms with E-state index in [-0.39, 0.29) is 17.1 Å². The maximum atomic E-state index is 13.6. The number of amides is 1. The number of nitrogens with zero attached hydrogens (tertiary/aromatic N) is 1. The van der Waals surface area contributed by atoms with Gasteiger partial charge in [-0.2, -0.15) is 0 Å². The molecule has 5 heteroatoms. The molecular weight excluding hydrogens is 247 g/mol. The topological polar surface area (TPSA) is 55.6 Å². The minimum absolute atomic E-state index is 0.0972. The molecule has 1 aromatic carbocycles. The number of benzene rings is 1. The zero-order valence-corrected chi connectivity index (χ0v) is 11.9. The summed E-state index contributed by atoms with van der Waals surface area (Å²) < 4.78 is 18.4. The van der Waals surface area contributed by atoms with Gasteiger partial charge in [0.2, 0.25) is 5.91 Å². The summed E-state index contributed by atoms with van der Waals surface area (Å²) in [5.41, 5.74) is 5.84. The van der Waals surface area contributed by atoms with E-state index in [1.807, 2.05) is 13.8 Å². The molecule has 19 heavy (non-hydrogen) atoms. The van der Waals surface area contributed by atoms with E-state index in [1.165, 1.54) is 24.1 Å². The standard InChI is InChI=1S/C14H21FN2O2/c1-14(2,9-16)8-13(18)17(3)10-5-6-12(19-4)11(15)7-10/h5-7H,8-9,16H2,1-4H3. The first-order chi connectivity index (χ1) is 8.80. The summed E-state index contributed by atoms with van der Waals surface area (Å²) >= 11 is 0. The molecule has 0 bridgehead atoms. The Kier molecular flexibility index (Phi) is 4.89. The summed E-state index contributed by atoms with van der Waals surface area (Å²) in [6.45, 7) is 4.27. The van der Waals surface area contributed by atoms with Crippen molar-refractivity contribution in [1.82, 2.24) is 0 Å². The summed E-state index contributed by atoms with van der Waals surface area (Å²) in [7, 11) is 3.02. The van der Waals surface area contributed by atoms with Crippen LogP contribution in [0.1, 0.15) is 20.3 Å². The van der Waals surface area contributed by atoms with Crippen LogP contribution in [0.2, 0.25) is 0 Å². The highest BCUT2D eigenvalue weighted by Crippen LogP contribution is 2.25. The fourth-order valence-corrected chi connectivity index (χ4v) is 1.61. The highest BCUT2D eigenvalue weighted by atomic mass is 19.1. The zero-order chi connectivity index (χ0) is 14.6. The molecule has 1 rings (SSSR count). The lowest BCUT2D eigenvalue weighted by Crippen LogP contribution is -2.34. The molecule has 0 atom stereocenters. The van der Waals surface area contributed by atoms with Crippen LogP contribution in [-0.4, -0.2) is 26.6 Å². The Morgan fingerprint density at radius 1 is 1.47 bits per heavy atom. The molecule has 0 aliphatic rings. The van der Waals surface area contributed by atoms with Crippen molar-refractivity contribution < 1.29 is 13.9 Å². The van der Waals surface area contributed by atoms with Gasteiger partial charge in [0.15, 0.2) is 11.6 Å². The van der Waals surface area contributed by atoms with E-state index in [4.69, 9.17) is 10.5 Å². The van der Waals surface area contributed by atoms with E-state index in [1.54, 1.807) is 13.1 Å². The van der Waals surface area contributed by atoms with E-state index < -0.39 is 5.82 Å². The molecule has 1 aromatic rings. The fourth-order valence-electron chi connectivity index (χ4n) is 1.61. The molecular formula is C14H21FN2O2. The summed E-state index contributed by atoms with van der Waals surface area (Å²) in [6, 6.07) is 4.43. The zero-order valence-electron chi connectivity index (χ0n) is 11.9. The van der Waals surface area contributed by atoms with E-state index in [9.17, 15) is 9.18 Å². The number of nitrogens with two attached hydrogens (primary N) is 1. The average molecular weight is 268 g/mol. The van der Waals surface area contributed by atoms with Gasteiger partial charge in [0.25, 0.3) is 0 Å². The third-order valence-corrected chi connectivity index (χ3v) is 3.08. The van der Waals surface area contributed by atoms with Gasteiger partial charge in [-0.05, 0) is 24.1 Å². The van der Waals surface area contributed by atoms with E-state index >= 15 is 0 Å². The largest absolute Gasteiger partial charge is 0.494 e. The molecule has 1 amide bonds. The van der Waals surface area contributed by atoms with Crippen molar-refractivity contribution in [3.63, 3.8) is 0 Å². The SMILES string of the molecule is COc1ccc(N(C)C(=O)CC(C)(C)CN)cc1F. The second-order valence-electron chi connectivity index (χ2n) is 5.32. The molecule has 0 saturated carbocycles. The van der Waals surface area contributed by atoms with E-state index in [0.717, 1.165) is 0 Å². The van der Waals surface area contributed by atoms with Crippen LogP contribution >= 0.6 is 0 Å². The molecule has 106 valence electrons. The normalized spacial score (nSPS) is 11.3. The van der Waals surface area contributed by atoms with Crippen LogP contribution in [0.15, 0.2) is 18.2 Å². The van der Waals surface area contributed by atoms with Gasteiger partial charge in [-0.1, -0.05) is 13.8 Å². The number of carbonyl (C=O) groups is 1. The Balaban J connectivity index is 2.85. The maximum absolute atomic E-state index is 13.6. The molecule has 2 N–H and O–H groups in total. The third-order valence-electron chi connectivity index (χ3n) is 3.08. The highest BCUT2D eigenvalue weighted by Gasteiger charge is 2.23. The summed E-state index contributed by atoms with van der Waals surface area (Å²) in [5, 5.41) is 0. The number of hydrogen-bond acceptors (Lipinski definition) is 3. The van der Waals surface area contributed by atoms with Gasteiger partial charge in [0, 0.05) is 25.2 Å². The van der Waals surface area contributed by atoms with Crippen molar-refractivity contribution in [1.29, 1.82) is 0 Å². The number of anilines is 1. The van der Waals surface area contributed by atoms with Crippen molar-refractivity contribution >= 4 is 11.6 Å². The summed E-state index contributed by atoms with van der Waals surface area (Å²) in [5.74, 6) is -0.426. The van der Waals surface area contributed by atoms with Gasteiger partial charge in [0.1, 0.15) is 0 Å². The second-order valence-corrected chi connectivity index (χ2v) is 5.32. The lowest BCUT2D eigenvalue weighted by molar-refractivity contribution is -0.120. The van der Waals surface area contributed by atoms with Crippen LogP contribution in [0.4, 0.5) is 10.1 Å². The van der Waals surface area contributed by atoms with Crippen LogP contribution in [0, 0.1) is 11.2 Å². The monoisotopic (exact) mass is 268 g/mol. The van der Waals surface area contributed by atoms with Crippen molar-refractivity contribution in [2.75, 3.05) is 25.6 Å².